The molecule has 664 valence electrons. The highest BCUT2D eigenvalue weighted by Crippen LogP contribution is 2.38. The van der Waals surface area contributed by atoms with Crippen molar-refractivity contribution in [3.63, 3.8) is 0 Å². The van der Waals surface area contributed by atoms with Gasteiger partial charge in [0.2, 0.25) is 17.7 Å². The smallest absolute Gasteiger partial charge is 0.306 e. The van der Waals surface area contributed by atoms with Crippen LogP contribution < -0.4 is 40.1 Å². The molecule has 3 fully saturated rings. The summed E-state index contributed by atoms with van der Waals surface area (Å²) in [6.45, 7) is 41.6. The molecule has 3 aromatic carbocycles. The quantitative estimate of drug-likeness (QED) is 0.0191. The maximum absolute atomic E-state index is 11.6. The van der Waals surface area contributed by atoms with Gasteiger partial charge in [0.15, 0.2) is 20.8 Å². The fraction of sp³-hybridized carbons (Fsp3) is 0.400. The van der Waals surface area contributed by atoms with Crippen LogP contribution in [-0.4, -0.2) is 190 Å². The highest BCUT2D eigenvalue weighted by atomic mass is 127. The van der Waals surface area contributed by atoms with E-state index in [-0.39, 0.29) is 37.6 Å². The number of imidazole rings is 3. The lowest BCUT2D eigenvalue weighted by Gasteiger charge is -2.28. The highest BCUT2D eigenvalue weighted by molar-refractivity contribution is 14.1. The Morgan fingerprint density at radius 3 is 1.23 bits per heavy atom. The molecule has 12 aromatic rings. The lowest BCUT2D eigenvalue weighted by Crippen LogP contribution is -2.40. The van der Waals surface area contributed by atoms with Crippen molar-refractivity contribution < 1.29 is 54.1 Å². The van der Waals surface area contributed by atoms with Crippen molar-refractivity contribution in [1.82, 2.24) is 74.9 Å². The van der Waals surface area contributed by atoms with E-state index in [9.17, 15) is 14.4 Å². The number of amides is 3. The molecule has 3 saturated heterocycles. The predicted octanol–water partition coefficient (Wildman–Crippen LogP) is 17.9. The lowest BCUT2D eigenvalue weighted by molar-refractivity contribution is -0.121. The molecule has 5 N–H and O–H groups in total. The number of pyridine rings is 6. The number of morpholine rings is 3. The molecule has 9 aromatic heterocycles. The van der Waals surface area contributed by atoms with Crippen LogP contribution in [0.1, 0.15) is 80.8 Å². The van der Waals surface area contributed by atoms with Crippen LogP contribution >= 0.6 is 57.4 Å². The fourth-order valence-electron chi connectivity index (χ4n) is 14.0. The zero-order valence-corrected chi connectivity index (χ0v) is 79.8. The van der Waals surface area contributed by atoms with Gasteiger partial charge in [-0.3, -0.25) is 38.5 Å². The van der Waals surface area contributed by atoms with Gasteiger partial charge in [-0.25, -0.2) is 19.9 Å². The summed E-state index contributed by atoms with van der Waals surface area (Å²) in [5.74, 6) is 0.760. The second-order valence-corrected chi connectivity index (χ2v) is 48.0. The van der Waals surface area contributed by atoms with Gasteiger partial charge in [-0.15, -0.1) is 0 Å². The number of carbonyl (C=O) groups excluding carboxylic acids is 3. The zero-order chi connectivity index (χ0) is 89.5. The van der Waals surface area contributed by atoms with Crippen LogP contribution in [0.3, 0.4) is 0 Å². The molecule has 3 aliphatic rings. The number of hydrogen-bond acceptors (Lipinski definition) is 23. The number of H-pyrrole nitrogens is 1. The van der Waals surface area contributed by atoms with Crippen LogP contribution in [0.4, 0.5) is 17.1 Å². The summed E-state index contributed by atoms with van der Waals surface area (Å²) < 4.78 is 45.3. The first-order valence-electron chi connectivity index (χ1n) is 41.5. The number of nitrogens with zero attached hydrogens (tertiary/aromatic N) is 14. The second-order valence-electron chi connectivity index (χ2n) is 34.6. The summed E-state index contributed by atoms with van der Waals surface area (Å²) in [6, 6.07) is 43.6. The van der Waals surface area contributed by atoms with Crippen LogP contribution in [0.25, 0.3) is 67.3 Å². The summed E-state index contributed by atoms with van der Waals surface area (Å²) in [7, 11) is -2.40. The maximum atomic E-state index is 11.6. The molecule has 0 radical (unpaired) electrons. The normalized spacial score (nSPS) is 14.1. The molecule has 3 amide bonds. The molecule has 0 unspecified atom stereocenters. The van der Waals surface area contributed by atoms with Crippen LogP contribution in [0.2, 0.25) is 66.4 Å². The van der Waals surface area contributed by atoms with Crippen LogP contribution in [-0.2, 0) is 68.1 Å². The van der Waals surface area contributed by atoms with E-state index in [0.717, 1.165) is 146 Å². The van der Waals surface area contributed by atoms with Crippen molar-refractivity contribution >= 4 is 142 Å². The van der Waals surface area contributed by atoms with Crippen molar-refractivity contribution in [1.29, 1.82) is 0 Å². The monoisotopic (exact) mass is 1910 g/mol. The number of benzene rings is 3. The van der Waals surface area contributed by atoms with E-state index in [2.05, 4.69) is 176 Å². The molecular weight excluding hydrogens is 1800 g/mol. The highest BCUT2D eigenvalue weighted by Gasteiger charge is 2.29. The van der Waals surface area contributed by atoms with Crippen LogP contribution in [0, 0.1) is 3.83 Å². The summed E-state index contributed by atoms with van der Waals surface area (Å²) in [6.07, 6.45) is 4.57. The van der Waals surface area contributed by atoms with Gasteiger partial charge < -0.3 is 75.3 Å². The number of fused-ring (bicyclic) bond motifs is 3. The zero-order valence-electron chi connectivity index (χ0n) is 74.4. The van der Waals surface area contributed by atoms with Crippen molar-refractivity contribution in [2.45, 2.75) is 144 Å². The van der Waals surface area contributed by atoms with Gasteiger partial charge in [0.05, 0.1) is 130 Å². The van der Waals surface area contributed by atoms with Crippen molar-refractivity contribution in [3.8, 4) is 63.0 Å². The third kappa shape index (κ3) is 25.9. The number of aromatic nitrogens is 12. The van der Waals surface area contributed by atoms with Gasteiger partial charge in [-0.2, -0.15) is 9.97 Å². The molecule has 35 heteroatoms. The molecule has 3 aliphatic heterocycles. The van der Waals surface area contributed by atoms with E-state index in [0.29, 0.717) is 96.7 Å². The Bertz CT molecular complexity index is 5670. The van der Waals surface area contributed by atoms with Gasteiger partial charge in [0.25, 0.3) is 0 Å². The number of aromatic amines is 1. The van der Waals surface area contributed by atoms with Crippen molar-refractivity contribution in [2.24, 2.45) is 0 Å². The third-order valence-electron chi connectivity index (χ3n) is 20.7. The minimum atomic E-state index is -1.28. The first-order valence-corrected chi connectivity index (χ1v) is 51.1. The number of ether oxygens (including phenoxy) is 7. The molecule has 0 saturated carbocycles. The summed E-state index contributed by atoms with van der Waals surface area (Å²) in [4.78, 5) is 85.5. The lowest BCUT2D eigenvalue weighted by atomic mass is 10.00. The maximum Gasteiger partial charge on any atom is 0.306 e. The Kier molecular flexibility index (Phi) is 31.4. The SMILES string of the molecule is CC(=O)NC(C)(C)c1ccc(O)cn1.CC(=O)NC(C)(C)c1ccc(Oc2nc3cc(Cl)c(-c4ccc(N5CCOCC5)cc4)nc3n2COCC[Si](C)(C)C)cn1.CC(=O)NC(C)(C)c1ccc(Oc2nc3nc(-c4ccc(N5CCOCC5)cc4)c(Cl)cc3[nH]2)cn1.C[Si](C)(C)CCOCn1c(I)nc2cc(Cl)c(-c3ccc(N4CCOCC4)cc3)nc21.[2H-]. The van der Waals surface area contributed by atoms with Gasteiger partial charge in [0, 0.05) is 146 Å². The molecule has 12 heterocycles. The predicted molar refractivity (Wildman–Crippen MR) is 506 cm³/mol. The van der Waals surface area contributed by atoms with Crippen molar-refractivity contribution in [3.05, 3.63) is 182 Å². The molecule has 0 bridgehead atoms. The summed E-state index contributed by atoms with van der Waals surface area (Å²) in [5, 5.41) is 19.2. The number of halogens is 4. The van der Waals surface area contributed by atoms with E-state index in [1.54, 1.807) is 36.7 Å². The van der Waals surface area contributed by atoms with Gasteiger partial charge >= 0.3 is 12.0 Å². The number of hydrogen-bond donors (Lipinski definition) is 5. The summed E-state index contributed by atoms with van der Waals surface area (Å²) >= 11 is 22.2. The number of rotatable bonds is 26. The first kappa shape index (κ1) is 94.2. The largest absolute Gasteiger partial charge is 1.00 e. The molecule has 15 rings (SSSR count). The fourth-order valence-corrected chi connectivity index (χ4v) is 16.9. The van der Waals surface area contributed by atoms with Gasteiger partial charge in [0.1, 0.15) is 41.7 Å². The molecule has 0 spiro atoms. The molecular formula is C90H111Cl3IN18O11Si2-. The second kappa shape index (κ2) is 41.6. The van der Waals surface area contributed by atoms with Crippen molar-refractivity contribution in [2.75, 3.05) is 107 Å². The molecule has 29 nitrogen and oxygen atoms in total. The number of aromatic hydroxyl groups is 1. The topological polar surface area (TPSA) is 324 Å². The number of carbonyl (C=O) groups is 3. The number of nitrogens with one attached hydrogen (secondary N) is 4. The van der Waals surface area contributed by atoms with E-state index in [1.807, 2.05) is 105 Å². The number of anilines is 3. The Morgan fingerprint density at radius 2 is 0.848 bits per heavy atom. The third-order valence-corrected chi connectivity index (χ3v) is 25.8. The molecule has 125 heavy (non-hydrogen) atoms. The molecule has 0 aliphatic carbocycles. The minimum Gasteiger partial charge on any atom is -1.00 e. The first-order chi connectivity index (χ1) is 59.4. The standard InChI is InChI=1S/C32H41ClN6O4Si.C26H27ClN6O3.C22H28ClIN4O2Si.C10H14N2O2.H/c1-22(40)37-32(2,3)28-12-11-25(20-34-28)43-31-35-27-19-26(33)29(36-30(27)39(31)21-42-17-18-44(4,5)6)23-7-9-24(10-8-23)38-13-15-41-16-14-38;1-16(34)32-26(2,3)22-9-8-19(15-28-22)36-25-29-21-14-20(27)23(30-24(21)31-25)17-4-6-18(7-5-17)33-10-12-35-13-11-33;1-31(2,3)13-12-30-15-28-21-19(25-22(28)24)14-18(23)20(26-21)16-4-6-17(7-5-16)27-8-10-29-11-9-27;1-7(13)12-10(2,3)9-5-4-8(14)6-11-9;/h7-12,19-20H,13-18,21H2,1-6H3,(H,37,40);4-9,14-15H,10-13H2,1-3H3,(H,32,34)(H,29,30,31);4-7,14H,8-13,15H2,1-3H3;4-6,14H,1-3H3,(H,12,13);/q;;;;-1/i;;;;1+1. The average molecular weight is 1910 g/mol. The Labute approximate surface area is 761 Å². The van der Waals surface area contributed by atoms with E-state index in [4.69, 9.17) is 88.0 Å². The van der Waals surface area contributed by atoms with Crippen LogP contribution in [0.15, 0.2) is 146 Å². The molecule has 0 atom stereocenters. The average Bonchev–Trinajstić information content (AvgIpc) is 1.63. The Hall–Kier alpha value is -9.99. The van der Waals surface area contributed by atoms with Crippen LogP contribution in [0.5, 0.6) is 29.3 Å². The summed E-state index contributed by atoms with van der Waals surface area (Å²) in [5.41, 5.74) is 12.7. The Morgan fingerprint density at radius 1 is 0.480 bits per heavy atom. The Balaban J connectivity index is 0.000000171. The van der Waals surface area contributed by atoms with E-state index >= 15 is 0 Å². The van der Waals surface area contributed by atoms with Gasteiger partial charge in [-0.1, -0.05) is 110 Å². The minimum absolute atomic E-state index is 0. The van der Waals surface area contributed by atoms with E-state index in [1.165, 1.54) is 32.7 Å². The van der Waals surface area contributed by atoms with Gasteiger partial charge in [-0.05, 0) is 145 Å². The van der Waals surface area contributed by atoms with E-state index < -0.39 is 32.8 Å².